The van der Waals surface area contributed by atoms with E-state index in [1.165, 1.54) is 0 Å². The van der Waals surface area contributed by atoms with Crippen LogP contribution in [0.2, 0.25) is 0 Å². The molecule has 0 saturated heterocycles. The van der Waals surface area contributed by atoms with Crippen LogP contribution < -0.4 is 21.1 Å². The van der Waals surface area contributed by atoms with Crippen molar-refractivity contribution in [3.63, 3.8) is 0 Å². The fourth-order valence-electron chi connectivity index (χ4n) is 1.78. The van der Waals surface area contributed by atoms with Gasteiger partial charge in [0.15, 0.2) is 6.61 Å². The van der Waals surface area contributed by atoms with Crippen molar-refractivity contribution in [2.24, 2.45) is 5.73 Å². The highest BCUT2D eigenvalue weighted by molar-refractivity contribution is 5.95. The zero-order valence-corrected chi connectivity index (χ0v) is 10.7. The van der Waals surface area contributed by atoms with Gasteiger partial charge in [-0.2, -0.15) is 0 Å². The third-order valence-corrected chi connectivity index (χ3v) is 2.80. The Bertz CT molecular complexity index is 500. The topological polar surface area (TPSA) is 93.5 Å². The zero-order valence-electron chi connectivity index (χ0n) is 10.7. The minimum Gasteiger partial charge on any atom is -0.482 e. The highest BCUT2D eigenvalue weighted by atomic mass is 16.5. The van der Waals surface area contributed by atoms with Crippen molar-refractivity contribution >= 4 is 17.5 Å². The maximum Gasteiger partial charge on any atom is 0.262 e. The Morgan fingerprint density at radius 3 is 3.11 bits per heavy atom. The van der Waals surface area contributed by atoms with Crippen LogP contribution in [-0.4, -0.2) is 31.0 Å². The first-order chi connectivity index (χ1) is 9.06. The lowest BCUT2D eigenvalue weighted by Crippen LogP contribution is -2.39. The number of benzene rings is 1. The van der Waals surface area contributed by atoms with Crippen LogP contribution >= 0.6 is 0 Å². The molecule has 6 nitrogen and oxygen atoms in total. The summed E-state index contributed by atoms with van der Waals surface area (Å²) in [5.74, 6) is 0.340. The molecule has 1 atom stereocenters. The average Bonchev–Trinajstić information content (AvgIpc) is 2.38. The van der Waals surface area contributed by atoms with E-state index in [1.54, 1.807) is 6.92 Å². The first-order valence-electron chi connectivity index (χ1n) is 6.15. The van der Waals surface area contributed by atoms with Crippen LogP contribution in [0.25, 0.3) is 0 Å². The molecule has 4 N–H and O–H groups in total. The molecule has 1 unspecified atom stereocenters. The van der Waals surface area contributed by atoms with Crippen molar-refractivity contribution in [1.82, 2.24) is 5.32 Å². The van der Waals surface area contributed by atoms with Gasteiger partial charge in [0, 0.05) is 6.54 Å². The number of anilines is 1. The Balaban J connectivity index is 1.93. The molecule has 6 heteroatoms. The van der Waals surface area contributed by atoms with Gasteiger partial charge >= 0.3 is 0 Å². The molecule has 2 rings (SSSR count). The predicted molar refractivity (Wildman–Crippen MR) is 70.9 cm³/mol. The molecule has 0 fully saturated rings. The van der Waals surface area contributed by atoms with Gasteiger partial charge < -0.3 is 21.1 Å². The molecule has 2 amide bonds. The molecule has 19 heavy (non-hydrogen) atoms. The van der Waals surface area contributed by atoms with Crippen molar-refractivity contribution in [2.45, 2.75) is 19.4 Å². The number of ether oxygens (including phenoxy) is 1. The van der Waals surface area contributed by atoms with Crippen molar-refractivity contribution in [2.75, 3.05) is 18.5 Å². The molecule has 1 aliphatic heterocycles. The van der Waals surface area contributed by atoms with E-state index in [2.05, 4.69) is 10.6 Å². The zero-order chi connectivity index (χ0) is 13.8. The number of nitrogens with one attached hydrogen (secondary N) is 2. The van der Waals surface area contributed by atoms with Gasteiger partial charge in [0.25, 0.3) is 5.91 Å². The smallest absolute Gasteiger partial charge is 0.262 e. The van der Waals surface area contributed by atoms with Crippen LogP contribution in [0.5, 0.6) is 5.75 Å². The van der Waals surface area contributed by atoms with E-state index in [4.69, 9.17) is 10.5 Å². The number of nitrogens with two attached hydrogens (primary N) is 1. The van der Waals surface area contributed by atoms with Gasteiger partial charge in [-0.15, -0.1) is 0 Å². The van der Waals surface area contributed by atoms with Gasteiger partial charge in [-0.05, 0) is 31.0 Å². The lowest BCUT2D eigenvalue weighted by molar-refractivity contribution is -0.122. The van der Waals surface area contributed by atoms with Crippen molar-refractivity contribution in [1.29, 1.82) is 0 Å². The minimum atomic E-state index is -0.503. The van der Waals surface area contributed by atoms with E-state index in [0.29, 0.717) is 24.4 Å². The van der Waals surface area contributed by atoms with E-state index in [0.717, 1.165) is 5.56 Å². The van der Waals surface area contributed by atoms with Crippen LogP contribution in [-0.2, 0) is 16.0 Å². The molecule has 1 aromatic rings. The Labute approximate surface area is 111 Å². The van der Waals surface area contributed by atoms with Gasteiger partial charge in [0.1, 0.15) is 5.75 Å². The summed E-state index contributed by atoms with van der Waals surface area (Å²) < 4.78 is 5.27. The second kappa shape index (κ2) is 5.71. The first kappa shape index (κ1) is 13.4. The molecule has 0 aliphatic carbocycles. The van der Waals surface area contributed by atoms with Gasteiger partial charge in [-0.1, -0.05) is 6.07 Å². The van der Waals surface area contributed by atoms with E-state index in [-0.39, 0.29) is 18.4 Å². The highest BCUT2D eigenvalue weighted by Crippen LogP contribution is 2.28. The van der Waals surface area contributed by atoms with E-state index in [9.17, 15) is 9.59 Å². The molecule has 1 aromatic carbocycles. The summed E-state index contributed by atoms with van der Waals surface area (Å²) in [6, 6.07) is 5.08. The summed E-state index contributed by atoms with van der Waals surface area (Å²) in [6.07, 6.45) is 0.668. The molecule has 0 spiro atoms. The van der Waals surface area contributed by atoms with Gasteiger partial charge in [-0.25, -0.2) is 0 Å². The van der Waals surface area contributed by atoms with Crippen LogP contribution in [0, 0.1) is 0 Å². The number of amides is 2. The van der Waals surface area contributed by atoms with E-state index in [1.807, 2.05) is 18.2 Å². The first-order valence-corrected chi connectivity index (χ1v) is 6.15. The summed E-state index contributed by atoms with van der Waals surface area (Å²) in [4.78, 5) is 22.5. The number of fused-ring (bicyclic) bond motifs is 1. The summed E-state index contributed by atoms with van der Waals surface area (Å²) in [6.45, 7) is 2.20. The monoisotopic (exact) mass is 263 g/mol. The number of rotatable bonds is 4. The van der Waals surface area contributed by atoms with E-state index < -0.39 is 6.04 Å². The van der Waals surface area contributed by atoms with Crippen LogP contribution in [0.3, 0.4) is 0 Å². The van der Waals surface area contributed by atoms with Crippen LogP contribution in [0.1, 0.15) is 12.5 Å². The molecule has 0 saturated carbocycles. The molecular formula is C13H17N3O3. The molecule has 1 aliphatic rings. The molecular weight excluding hydrogens is 246 g/mol. The maximum absolute atomic E-state index is 11.3. The molecule has 102 valence electrons. The Morgan fingerprint density at radius 2 is 2.37 bits per heavy atom. The van der Waals surface area contributed by atoms with Crippen LogP contribution in [0.4, 0.5) is 5.69 Å². The van der Waals surface area contributed by atoms with Crippen molar-refractivity contribution in [3.8, 4) is 5.75 Å². The lowest BCUT2D eigenvalue weighted by Gasteiger charge is -2.18. The molecule has 0 radical (unpaired) electrons. The Kier molecular flexibility index (Phi) is 4.01. The van der Waals surface area contributed by atoms with Crippen molar-refractivity contribution < 1.29 is 14.3 Å². The normalized spacial score (nSPS) is 14.9. The summed E-state index contributed by atoms with van der Waals surface area (Å²) in [5, 5.41) is 5.48. The Hall–Kier alpha value is -2.08. The van der Waals surface area contributed by atoms with E-state index >= 15 is 0 Å². The predicted octanol–water partition coefficient (Wildman–Crippen LogP) is 0.0234. The summed E-state index contributed by atoms with van der Waals surface area (Å²) in [7, 11) is 0. The minimum absolute atomic E-state index is 0.0524. The largest absolute Gasteiger partial charge is 0.482 e. The third-order valence-electron chi connectivity index (χ3n) is 2.80. The maximum atomic E-state index is 11.3. The second-order valence-electron chi connectivity index (χ2n) is 4.50. The quantitative estimate of drug-likeness (QED) is 0.714. The molecule has 0 bridgehead atoms. The SMILES string of the molecule is CC(N)C(=O)NCCc1ccc2c(c1)NC(=O)CO2. The second-order valence-corrected chi connectivity index (χ2v) is 4.50. The Morgan fingerprint density at radius 1 is 1.58 bits per heavy atom. The number of hydrogen-bond acceptors (Lipinski definition) is 4. The number of carbonyl (C=O) groups is 2. The molecule has 1 heterocycles. The third kappa shape index (κ3) is 3.45. The summed E-state index contributed by atoms with van der Waals surface area (Å²) >= 11 is 0. The van der Waals surface area contributed by atoms with Gasteiger partial charge in [0.2, 0.25) is 5.91 Å². The number of hydrogen-bond donors (Lipinski definition) is 3. The van der Waals surface area contributed by atoms with Gasteiger partial charge in [-0.3, -0.25) is 9.59 Å². The fourth-order valence-corrected chi connectivity index (χ4v) is 1.78. The standard InChI is InChI=1S/C13H17N3O3/c1-8(14)13(18)15-5-4-9-2-3-11-10(6-9)16-12(17)7-19-11/h2-3,6,8H,4-5,7,14H2,1H3,(H,15,18)(H,16,17). The van der Waals surface area contributed by atoms with Gasteiger partial charge in [0.05, 0.1) is 11.7 Å². The summed E-state index contributed by atoms with van der Waals surface area (Å²) in [5.41, 5.74) is 7.13. The lowest BCUT2D eigenvalue weighted by atomic mass is 10.1. The van der Waals surface area contributed by atoms with Crippen LogP contribution in [0.15, 0.2) is 18.2 Å². The fraction of sp³-hybridized carbons (Fsp3) is 0.385. The number of carbonyl (C=O) groups excluding carboxylic acids is 2. The average molecular weight is 263 g/mol. The molecule has 0 aromatic heterocycles. The highest BCUT2D eigenvalue weighted by Gasteiger charge is 2.15. The van der Waals surface area contributed by atoms with Crippen molar-refractivity contribution in [3.05, 3.63) is 23.8 Å².